The maximum absolute atomic E-state index is 13.8. The van der Waals surface area contributed by atoms with Crippen LogP contribution in [0.15, 0.2) is 97.1 Å². The molecule has 2 heterocycles. The second-order valence-electron chi connectivity index (χ2n) is 9.19. The third-order valence-electron chi connectivity index (χ3n) is 6.80. The smallest absolute Gasteiger partial charge is 0.258 e. The molecule has 0 N–H and O–H groups in total. The molecule has 0 saturated carbocycles. The molecule has 0 spiro atoms. The topological polar surface area (TPSA) is 46.1 Å². The number of halogens is 1. The molecular formula is C31H24FN3O. The Morgan fingerprint density at radius 2 is 1.44 bits per heavy atom. The predicted molar refractivity (Wildman–Crippen MR) is 141 cm³/mol. The van der Waals surface area contributed by atoms with Crippen LogP contribution in [0.1, 0.15) is 29.3 Å². The Hall–Kier alpha value is -4.38. The van der Waals surface area contributed by atoms with Crippen molar-refractivity contribution in [3.05, 3.63) is 114 Å². The molecule has 0 bridgehead atoms. The minimum absolute atomic E-state index is 0.0116. The summed E-state index contributed by atoms with van der Waals surface area (Å²) in [5.74, 6) is -0.397. The van der Waals surface area contributed by atoms with Crippen molar-refractivity contribution in [3.63, 3.8) is 0 Å². The summed E-state index contributed by atoms with van der Waals surface area (Å²) in [7, 11) is 0. The van der Waals surface area contributed by atoms with Crippen LogP contribution in [0.4, 0.5) is 10.1 Å². The van der Waals surface area contributed by atoms with Gasteiger partial charge in [0, 0.05) is 28.4 Å². The zero-order valence-corrected chi connectivity index (χ0v) is 19.9. The third kappa shape index (κ3) is 3.93. The molecule has 1 atom stereocenters. The van der Waals surface area contributed by atoms with E-state index in [-0.39, 0.29) is 17.8 Å². The zero-order chi connectivity index (χ0) is 24.6. The highest BCUT2D eigenvalue weighted by Gasteiger charge is 2.29. The van der Waals surface area contributed by atoms with E-state index in [1.807, 2.05) is 79.7 Å². The van der Waals surface area contributed by atoms with Crippen LogP contribution in [-0.2, 0) is 6.42 Å². The fourth-order valence-corrected chi connectivity index (χ4v) is 4.95. The van der Waals surface area contributed by atoms with Crippen LogP contribution in [0.2, 0.25) is 0 Å². The Bertz CT molecular complexity index is 1580. The molecule has 1 amide bonds. The van der Waals surface area contributed by atoms with Gasteiger partial charge in [-0.2, -0.15) is 0 Å². The molecule has 4 nitrogen and oxygen atoms in total. The van der Waals surface area contributed by atoms with Crippen LogP contribution >= 0.6 is 0 Å². The number of aromatic nitrogens is 2. The van der Waals surface area contributed by atoms with Crippen molar-refractivity contribution in [2.45, 2.75) is 25.8 Å². The number of amides is 1. The van der Waals surface area contributed by atoms with Gasteiger partial charge in [0.15, 0.2) is 0 Å². The lowest BCUT2D eigenvalue weighted by atomic mass is 9.95. The van der Waals surface area contributed by atoms with Gasteiger partial charge in [0.05, 0.1) is 22.4 Å². The highest BCUT2D eigenvalue weighted by atomic mass is 19.1. The summed E-state index contributed by atoms with van der Waals surface area (Å²) in [5.41, 5.74) is 7.06. The number of carbonyl (C=O) groups is 1. The Morgan fingerprint density at radius 3 is 2.11 bits per heavy atom. The number of hydrogen-bond acceptors (Lipinski definition) is 3. The molecule has 1 unspecified atom stereocenters. The van der Waals surface area contributed by atoms with Crippen molar-refractivity contribution in [2.75, 3.05) is 4.90 Å². The van der Waals surface area contributed by atoms with Crippen LogP contribution in [0.5, 0.6) is 0 Å². The lowest BCUT2D eigenvalue weighted by Crippen LogP contribution is -2.42. The highest BCUT2D eigenvalue weighted by Crippen LogP contribution is 2.34. The normalized spacial score (nSPS) is 15.1. The first-order chi connectivity index (χ1) is 17.6. The second kappa shape index (κ2) is 9.00. The van der Waals surface area contributed by atoms with Crippen molar-refractivity contribution >= 4 is 22.6 Å². The standard InChI is InChI=1S/C31H24FN3O/c1-20-12-13-23-18-25(32)15-17-28(23)35(20)31(36)24-14-16-26-27(19-24)34-30(22-10-6-3-7-11-22)29(33-26)21-8-4-2-5-9-21/h2-11,14-20H,12-13H2,1H3. The van der Waals surface area contributed by atoms with E-state index in [4.69, 9.17) is 9.97 Å². The van der Waals surface area contributed by atoms with Gasteiger partial charge in [-0.3, -0.25) is 4.79 Å². The van der Waals surface area contributed by atoms with Crippen LogP contribution in [0, 0.1) is 5.82 Å². The van der Waals surface area contributed by atoms with Gasteiger partial charge < -0.3 is 4.90 Å². The van der Waals surface area contributed by atoms with Crippen LogP contribution < -0.4 is 4.90 Å². The van der Waals surface area contributed by atoms with E-state index in [1.165, 1.54) is 12.1 Å². The van der Waals surface area contributed by atoms with Crippen molar-refractivity contribution in [3.8, 4) is 22.5 Å². The van der Waals surface area contributed by atoms with Crippen molar-refractivity contribution < 1.29 is 9.18 Å². The van der Waals surface area contributed by atoms with Gasteiger partial charge in [0.25, 0.3) is 5.91 Å². The van der Waals surface area contributed by atoms with E-state index in [9.17, 15) is 9.18 Å². The molecular weight excluding hydrogens is 449 g/mol. The van der Waals surface area contributed by atoms with Crippen molar-refractivity contribution in [1.29, 1.82) is 0 Å². The van der Waals surface area contributed by atoms with Crippen LogP contribution in [0.3, 0.4) is 0 Å². The number of hydrogen-bond donors (Lipinski definition) is 0. The molecule has 0 aliphatic carbocycles. The van der Waals surface area contributed by atoms with E-state index in [0.29, 0.717) is 11.1 Å². The molecule has 0 saturated heterocycles. The number of aryl methyl sites for hydroxylation is 1. The Balaban J connectivity index is 1.47. The molecule has 0 fully saturated rings. The number of benzene rings is 4. The lowest BCUT2D eigenvalue weighted by molar-refractivity contribution is 0.0975. The van der Waals surface area contributed by atoms with Gasteiger partial charge in [0.2, 0.25) is 0 Å². The summed E-state index contributed by atoms with van der Waals surface area (Å²) >= 11 is 0. The molecule has 5 aromatic rings. The number of fused-ring (bicyclic) bond motifs is 2. The first kappa shape index (κ1) is 22.1. The summed E-state index contributed by atoms with van der Waals surface area (Å²) in [6.07, 6.45) is 1.54. The fourth-order valence-electron chi connectivity index (χ4n) is 4.95. The molecule has 5 heteroatoms. The van der Waals surface area contributed by atoms with Gasteiger partial charge in [-0.15, -0.1) is 0 Å². The molecule has 176 valence electrons. The number of anilines is 1. The Labute approximate surface area is 209 Å². The van der Waals surface area contributed by atoms with Gasteiger partial charge in [-0.25, -0.2) is 14.4 Å². The summed E-state index contributed by atoms with van der Waals surface area (Å²) < 4.78 is 13.8. The summed E-state index contributed by atoms with van der Waals surface area (Å²) in [6, 6.07) is 30.1. The number of rotatable bonds is 3. The maximum atomic E-state index is 13.8. The quantitative estimate of drug-likeness (QED) is 0.281. The van der Waals surface area contributed by atoms with E-state index < -0.39 is 0 Å². The largest absolute Gasteiger partial charge is 0.305 e. The van der Waals surface area contributed by atoms with Crippen LogP contribution in [-0.4, -0.2) is 21.9 Å². The average molecular weight is 474 g/mol. The summed E-state index contributed by atoms with van der Waals surface area (Å²) in [4.78, 5) is 25.5. The second-order valence-corrected chi connectivity index (χ2v) is 9.19. The van der Waals surface area contributed by atoms with Crippen molar-refractivity contribution in [1.82, 2.24) is 9.97 Å². The Morgan fingerprint density at radius 1 is 0.806 bits per heavy atom. The molecule has 1 aliphatic heterocycles. The lowest BCUT2D eigenvalue weighted by Gasteiger charge is -2.35. The molecule has 1 aliphatic rings. The van der Waals surface area contributed by atoms with E-state index in [1.54, 1.807) is 17.0 Å². The minimum Gasteiger partial charge on any atom is -0.305 e. The monoisotopic (exact) mass is 473 g/mol. The molecule has 36 heavy (non-hydrogen) atoms. The van der Waals surface area contributed by atoms with E-state index in [2.05, 4.69) is 0 Å². The third-order valence-corrected chi connectivity index (χ3v) is 6.80. The van der Waals surface area contributed by atoms with Crippen LogP contribution in [0.25, 0.3) is 33.5 Å². The number of nitrogens with zero attached hydrogens (tertiary/aromatic N) is 3. The van der Waals surface area contributed by atoms with E-state index in [0.717, 1.165) is 52.1 Å². The zero-order valence-electron chi connectivity index (χ0n) is 19.9. The minimum atomic E-state index is -0.278. The fraction of sp³-hybridized carbons (Fsp3) is 0.129. The van der Waals surface area contributed by atoms with Gasteiger partial charge in [-0.05, 0) is 61.7 Å². The maximum Gasteiger partial charge on any atom is 0.258 e. The molecule has 1 aromatic heterocycles. The number of carbonyl (C=O) groups excluding carboxylic acids is 1. The predicted octanol–water partition coefficient (Wildman–Crippen LogP) is 7.08. The summed E-state index contributed by atoms with van der Waals surface area (Å²) in [5, 5.41) is 0. The SMILES string of the molecule is CC1CCc2cc(F)ccc2N1C(=O)c1ccc2nc(-c3ccccc3)c(-c3ccccc3)nc2c1. The summed E-state index contributed by atoms with van der Waals surface area (Å²) in [6.45, 7) is 2.03. The highest BCUT2D eigenvalue weighted by molar-refractivity contribution is 6.08. The van der Waals surface area contributed by atoms with E-state index >= 15 is 0 Å². The van der Waals surface area contributed by atoms with Crippen molar-refractivity contribution in [2.24, 2.45) is 0 Å². The van der Waals surface area contributed by atoms with Gasteiger partial charge >= 0.3 is 0 Å². The first-order valence-corrected chi connectivity index (χ1v) is 12.1. The van der Waals surface area contributed by atoms with Gasteiger partial charge in [-0.1, -0.05) is 60.7 Å². The average Bonchev–Trinajstić information content (AvgIpc) is 2.92. The molecule has 6 rings (SSSR count). The molecule has 4 aromatic carbocycles. The van der Waals surface area contributed by atoms with Gasteiger partial charge in [0.1, 0.15) is 5.82 Å². The molecule has 0 radical (unpaired) electrons. The Kier molecular flexibility index (Phi) is 5.53. The first-order valence-electron chi connectivity index (χ1n) is 12.1.